The maximum Gasteiger partial charge on any atom is 0.0545 e. The molecule has 0 amide bonds. The fraction of sp³-hybridized carbons (Fsp3) is 0.600. The van der Waals surface area contributed by atoms with Gasteiger partial charge in [0.25, 0.3) is 0 Å². The molecule has 0 aromatic heterocycles. The molecule has 0 saturated heterocycles. The lowest BCUT2D eigenvalue weighted by atomic mass is 10.1. The average Bonchev–Trinajstić information content (AvgIpc) is 3.16. The molecular weight excluding hydrogens is 242 g/mol. The van der Waals surface area contributed by atoms with Gasteiger partial charge in [-0.05, 0) is 62.4 Å². The lowest BCUT2D eigenvalue weighted by molar-refractivity contribution is 0.514. The van der Waals surface area contributed by atoms with Crippen molar-refractivity contribution in [1.82, 2.24) is 5.32 Å². The van der Waals surface area contributed by atoms with Crippen LogP contribution >= 0.6 is 0 Å². The van der Waals surface area contributed by atoms with Crippen LogP contribution in [0.4, 0.5) is 0 Å². The topological polar surface area (TPSA) is 29.1 Å². The SMILES string of the molecule is CCNC(CS(=O)c1ccc(C)c(C)c1)C1CC1. The van der Waals surface area contributed by atoms with Gasteiger partial charge in [-0.1, -0.05) is 13.0 Å². The summed E-state index contributed by atoms with van der Waals surface area (Å²) in [6.45, 7) is 7.26. The van der Waals surface area contributed by atoms with Gasteiger partial charge in [0.05, 0.1) is 10.8 Å². The molecule has 2 unspecified atom stereocenters. The second-order valence-corrected chi connectivity index (χ2v) is 6.76. The zero-order valence-corrected chi connectivity index (χ0v) is 12.3. The van der Waals surface area contributed by atoms with Crippen LogP contribution in [0.25, 0.3) is 0 Å². The summed E-state index contributed by atoms with van der Waals surface area (Å²) in [6.07, 6.45) is 2.59. The van der Waals surface area contributed by atoms with E-state index in [1.807, 2.05) is 6.07 Å². The molecule has 100 valence electrons. The maximum absolute atomic E-state index is 12.4. The third kappa shape index (κ3) is 3.42. The van der Waals surface area contributed by atoms with Crippen molar-refractivity contribution >= 4 is 10.8 Å². The van der Waals surface area contributed by atoms with E-state index >= 15 is 0 Å². The maximum atomic E-state index is 12.4. The minimum absolute atomic E-state index is 0.428. The van der Waals surface area contributed by atoms with Crippen LogP contribution in [0.1, 0.15) is 30.9 Å². The number of aryl methyl sites for hydroxylation is 2. The first kappa shape index (κ1) is 13.8. The van der Waals surface area contributed by atoms with E-state index in [1.165, 1.54) is 24.0 Å². The summed E-state index contributed by atoms with van der Waals surface area (Å²) >= 11 is 0. The summed E-state index contributed by atoms with van der Waals surface area (Å²) in [6, 6.07) is 6.58. The summed E-state index contributed by atoms with van der Waals surface area (Å²) in [7, 11) is -0.877. The van der Waals surface area contributed by atoms with Crippen molar-refractivity contribution in [3.8, 4) is 0 Å². The largest absolute Gasteiger partial charge is 0.313 e. The van der Waals surface area contributed by atoms with Gasteiger partial charge in [0.2, 0.25) is 0 Å². The van der Waals surface area contributed by atoms with E-state index in [0.717, 1.165) is 23.1 Å². The molecule has 1 aliphatic carbocycles. The third-order valence-corrected chi connectivity index (χ3v) is 5.17. The predicted octanol–water partition coefficient (Wildman–Crippen LogP) is 2.80. The molecule has 3 heteroatoms. The Kier molecular flexibility index (Phi) is 4.57. The van der Waals surface area contributed by atoms with Crippen molar-refractivity contribution in [2.75, 3.05) is 12.3 Å². The summed E-state index contributed by atoms with van der Waals surface area (Å²) in [5.74, 6) is 1.50. The monoisotopic (exact) mass is 265 g/mol. The fourth-order valence-electron chi connectivity index (χ4n) is 2.24. The second kappa shape index (κ2) is 5.98. The molecule has 1 aliphatic rings. The Morgan fingerprint density at radius 1 is 1.33 bits per heavy atom. The third-order valence-electron chi connectivity index (χ3n) is 3.73. The van der Waals surface area contributed by atoms with Crippen LogP contribution in [0.2, 0.25) is 0 Å². The van der Waals surface area contributed by atoms with Crippen molar-refractivity contribution in [1.29, 1.82) is 0 Å². The first-order chi connectivity index (χ1) is 8.61. The van der Waals surface area contributed by atoms with E-state index in [2.05, 4.69) is 38.2 Å². The Bertz CT molecular complexity index is 440. The first-order valence-corrected chi connectivity index (χ1v) is 8.12. The van der Waals surface area contributed by atoms with E-state index in [1.54, 1.807) is 0 Å². The Balaban J connectivity index is 2.03. The molecule has 2 rings (SSSR count). The van der Waals surface area contributed by atoms with Gasteiger partial charge in [-0.15, -0.1) is 0 Å². The van der Waals surface area contributed by atoms with E-state index in [4.69, 9.17) is 0 Å². The van der Waals surface area contributed by atoms with Gasteiger partial charge in [-0.25, -0.2) is 0 Å². The number of nitrogens with one attached hydrogen (secondary N) is 1. The molecule has 0 aliphatic heterocycles. The standard InChI is InChI=1S/C15H23NOS/c1-4-16-15(13-6-7-13)10-18(17)14-8-5-11(2)12(3)9-14/h5,8-9,13,15-16H,4,6-7,10H2,1-3H3. The van der Waals surface area contributed by atoms with Crippen molar-refractivity contribution < 1.29 is 4.21 Å². The lowest BCUT2D eigenvalue weighted by Crippen LogP contribution is -2.35. The molecule has 0 heterocycles. The Hall–Kier alpha value is -0.670. The van der Waals surface area contributed by atoms with Crippen molar-refractivity contribution in [3.63, 3.8) is 0 Å². The van der Waals surface area contributed by atoms with E-state index in [-0.39, 0.29) is 0 Å². The normalized spacial score (nSPS) is 18.6. The summed E-state index contributed by atoms with van der Waals surface area (Å²) < 4.78 is 12.4. The molecule has 18 heavy (non-hydrogen) atoms. The summed E-state index contributed by atoms with van der Waals surface area (Å²) in [5.41, 5.74) is 2.49. The molecule has 0 radical (unpaired) electrons. The van der Waals surface area contributed by atoms with Gasteiger partial charge in [-0.2, -0.15) is 0 Å². The van der Waals surface area contributed by atoms with Crippen LogP contribution in [-0.2, 0) is 10.8 Å². The van der Waals surface area contributed by atoms with Gasteiger partial charge < -0.3 is 5.32 Å². The summed E-state index contributed by atoms with van der Waals surface area (Å²) in [4.78, 5) is 0.974. The van der Waals surface area contributed by atoms with Gasteiger partial charge >= 0.3 is 0 Å². The zero-order chi connectivity index (χ0) is 13.1. The van der Waals surface area contributed by atoms with Crippen molar-refractivity contribution in [3.05, 3.63) is 29.3 Å². The molecule has 1 fully saturated rings. The first-order valence-electron chi connectivity index (χ1n) is 6.80. The number of hydrogen-bond acceptors (Lipinski definition) is 2. The molecule has 1 N–H and O–H groups in total. The van der Waals surface area contributed by atoms with Crippen molar-refractivity contribution in [2.45, 2.75) is 44.6 Å². The van der Waals surface area contributed by atoms with E-state index in [9.17, 15) is 4.21 Å². The highest BCUT2D eigenvalue weighted by Gasteiger charge is 2.31. The average molecular weight is 265 g/mol. The van der Waals surface area contributed by atoms with Gasteiger partial charge in [0.15, 0.2) is 0 Å². The number of benzene rings is 1. The van der Waals surface area contributed by atoms with Crippen molar-refractivity contribution in [2.24, 2.45) is 5.92 Å². The minimum atomic E-state index is -0.877. The number of hydrogen-bond donors (Lipinski definition) is 1. The molecule has 1 aromatic carbocycles. The van der Waals surface area contributed by atoms with Gasteiger partial charge in [-0.3, -0.25) is 4.21 Å². The van der Waals surface area contributed by atoms with Crippen LogP contribution in [-0.4, -0.2) is 22.5 Å². The predicted molar refractivity (Wildman–Crippen MR) is 77.4 cm³/mol. The zero-order valence-electron chi connectivity index (χ0n) is 11.5. The smallest absolute Gasteiger partial charge is 0.0545 e. The molecule has 2 nitrogen and oxygen atoms in total. The molecular formula is C15H23NOS. The fourth-order valence-corrected chi connectivity index (χ4v) is 3.67. The van der Waals surface area contributed by atoms with Crippen LogP contribution in [0, 0.1) is 19.8 Å². The lowest BCUT2D eigenvalue weighted by Gasteiger charge is -2.17. The van der Waals surface area contributed by atoms with Gasteiger partial charge in [0, 0.05) is 16.7 Å². The van der Waals surface area contributed by atoms with E-state index in [0.29, 0.717) is 6.04 Å². The summed E-state index contributed by atoms with van der Waals surface area (Å²) in [5, 5.41) is 3.48. The van der Waals surface area contributed by atoms with Gasteiger partial charge in [0.1, 0.15) is 0 Å². The van der Waals surface area contributed by atoms with Crippen LogP contribution in [0.5, 0.6) is 0 Å². The highest BCUT2D eigenvalue weighted by Crippen LogP contribution is 2.33. The Morgan fingerprint density at radius 3 is 2.61 bits per heavy atom. The quantitative estimate of drug-likeness (QED) is 0.857. The second-order valence-electron chi connectivity index (χ2n) is 5.26. The highest BCUT2D eigenvalue weighted by molar-refractivity contribution is 7.85. The van der Waals surface area contributed by atoms with Crippen LogP contribution < -0.4 is 5.32 Å². The molecule has 1 saturated carbocycles. The van der Waals surface area contributed by atoms with Crippen LogP contribution in [0.15, 0.2) is 23.1 Å². The minimum Gasteiger partial charge on any atom is -0.313 e. The Morgan fingerprint density at radius 2 is 2.06 bits per heavy atom. The highest BCUT2D eigenvalue weighted by atomic mass is 32.2. The Labute approximate surface area is 113 Å². The molecule has 2 atom stereocenters. The van der Waals surface area contributed by atoms with Crippen LogP contribution in [0.3, 0.4) is 0 Å². The molecule has 0 spiro atoms. The number of rotatable bonds is 6. The molecule has 1 aromatic rings. The molecule has 0 bridgehead atoms. The van der Waals surface area contributed by atoms with E-state index < -0.39 is 10.8 Å².